The van der Waals surface area contributed by atoms with Crippen molar-refractivity contribution in [2.45, 2.75) is 27.1 Å². The molecule has 1 fully saturated rings. The number of aromatic nitrogens is 2. The van der Waals surface area contributed by atoms with Crippen molar-refractivity contribution < 1.29 is 28.9 Å². The zero-order valence-electron chi connectivity index (χ0n) is 34.3. The van der Waals surface area contributed by atoms with Gasteiger partial charge in [-0.2, -0.15) is 0 Å². The molecule has 0 aliphatic carbocycles. The zero-order valence-corrected chi connectivity index (χ0v) is 36.0. The van der Waals surface area contributed by atoms with E-state index in [-0.39, 0.29) is 56.1 Å². The molecule has 0 spiro atoms. The lowest BCUT2D eigenvalue weighted by Crippen LogP contribution is -2.44. The molecule has 1 aliphatic rings. The molecule has 0 unspecified atom stereocenters. The number of hydrogen-bond acceptors (Lipinski definition) is 11. The fourth-order valence-corrected chi connectivity index (χ4v) is 7.80. The van der Waals surface area contributed by atoms with Gasteiger partial charge in [-0.15, -0.1) is 9.46 Å². The van der Waals surface area contributed by atoms with Gasteiger partial charge in [0.15, 0.2) is 0 Å². The number of benzene rings is 3. The minimum Gasteiger partial charge on any atom is -0.405 e. The Bertz CT molecular complexity index is 2410. The molecule has 0 radical (unpaired) electrons. The van der Waals surface area contributed by atoms with Crippen LogP contribution in [0, 0.1) is 13.8 Å². The number of pyridine rings is 2. The summed E-state index contributed by atoms with van der Waals surface area (Å²) in [5.41, 5.74) is 2.95. The van der Waals surface area contributed by atoms with Gasteiger partial charge in [-0.05, 0) is 60.4 Å². The van der Waals surface area contributed by atoms with Crippen LogP contribution >= 0.6 is 24.0 Å². The highest BCUT2D eigenvalue weighted by molar-refractivity contribution is 8.23. The third kappa shape index (κ3) is 11.6. The maximum absolute atomic E-state index is 13.5. The second-order valence-electron chi connectivity index (χ2n) is 14.2. The summed E-state index contributed by atoms with van der Waals surface area (Å²) in [5, 5.41) is 8.65. The lowest BCUT2D eigenvalue weighted by Gasteiger charge is -2.23. The van der Waals surface area contributed by atoms with Crippen LogP contribution in [-0.4, -0.2) is 98.8 Å². The van der Waals surface area contributed by atoms with Crippen LogP contribution in [0.1, 0.15) is 63.9 Å². The number of hydrogen-bond donors (Lipinski definition) is 3. The highest BCUT2D eigenvalue weighted by Gasteiger charge is 2.27. The summed E-state index contributed by atoms with van der Waals surface area (Å²) in [4.78, 5) is 93.9. The first-order valence-corrected chi connectivity index (χ1v) is 21.4. The van der Waals surface area contributed by atoms with E-state index in [2.05, 4.69) is 16.0 Å². The van der Waals surface area contributed by atoms with E-state index in [9.17, 15) is 28.8 Å². The van der Waals surface area contributed by atoms with Crippen molar-refractivity contribution in [1.29, 1.82) is 0 Å². The SMILES string of the molecule is Cc1c(C(=O)NCCN(CCNC(=O)c2cccc(=O)n2OCc2ccccc2)CCNC(=O)c2cccc(=O)n2OCc2ccccc2)ccc(C(=O)N2CCSC2=S)c1C. The van der Waals surface area contributed by atoms with Gasteiger partial charge in [0.2, 0.25) is 0 Å². The van der Waals surface area contributed by atoms with Crippen molar-refractivity contribution in [3.63, 3.8) is 0 Å². The number of thiocarbonyl (C=S) groups is 1. The fraction of sp³-hybridized carbons (Fsp3) is 0.267. The third-order valence-corrected chi connectivity index (χ3v) is 11.5. The molecule has 15 nitrogen and oxygen atoms in total. The summed E-state index contributed by atoms with van der Waals surface area (Å²) >= 11 is 6.81. The molecule has 4 amide bonds. The highest BCUT2D eigenvalue weighted by Crippen LogP contribution is 2.24. The van der Waals surface area contributed by atoms with Crippen molar-refractivity contribution in [3.05, 3.63) is 175 Å². The van der Waals surface area contributed by atoms with Crippen molar-refractivity contribution in [3.8, 4) is 0 Å². The normalized spacial score (nSPS) is 12.2. The Labute approximate surface area is 367 Å². The maximum atomic E-state index is 13.5. The molecule has 1 saturated heterocycles. The maximum Gasteiger partial charge on any atom is 0.283 e. The first kappa shape index (κ1) is 45.0. The number of rotatable bonds is 19. The lowest BCUT2D eigenvalue weighted by molar-refractivity contribution is 0.0708. The molecule has 3 heterocycles. The molecule has 0 atom stereocenters. The van der Waals surface area contributed by atoms with Gasteiger partial charge in [-0.25, -0.2) is 0 Å². The second kappa shape index (κ2) is 21.8. The molecule has 1 aliphatic heterocycles. The minimum absolute atomic E-state index is 0.0170. The van der Waals surface area contributed by atoms with Crippen LogP contribution in [0.15, 0.2) is 119 Å². The molecule has 3 N–H and O–H groups in total. The van der Waals surface area contributed by atoms with E-state index in [1.807, 2.05) is 72.5 Å². The minimum atomic E-state index is -0.534. The Morgan fingerprint density at radius 1 is 0.613 bits per heavy atom. The van der Waals surface area contributed by atoms with Gasteiger partial charge in [-0.3, -0.25) is 38.6 Å². The molecule has 62 heavy (non-hydrogen) atoms. The molecule has 3 aromatic carbocycles. The van der Waals surface area contributed by atoms with E-state index in [1.165, 1.54) is 48.2 Å². The Morgan fingerprint density at radius 3 is 1.53 bits per heavy atom. The van der Waals surface area contributed by atoms with Gasteiger partial charge in [0.05, 0.1) is 0 Å². The molecule has 0 saturated carbocycles. The Morgan fingerprint density at radius 2 is 1.06 bits per heavy atom. The van der Waals surface area contributed by atoms with Crippen LogP contribution < -0.4 is 36.7 Å². The van der Waals surface area contributed by atoms with Crippen molar-refractivity contribution in [2.24, 2.45) is 0 Å². The highest BCUT2D eigenvalue weighted by atomic mass is 32.2. The van der Waals surface area contributed by atoms with E-state index in [1.54, 1.807) is 24.0 Å². The van der Waals surface area contributed by atoms with E-state index in [0.29, 0.717) is 52.8 Å². The topological polar surface area (TPSA) is 173 Å². The quantitative estimate of drug-likeness (QED) is 0.104. The van der Waals surface area contributed by atoms with E-state index in [4.69, 9.17) is 21.9 Å². The summed E-state index contributed by atoms with van der Waals surface area (Å²) in [6, 6.07) is 30.3. The van der Waals surface area contributed by atoms with Crippen LogP contribution in [0.5, 0.6) is 0 Å². The van der Waals surface area contributed by atoms with Crippen molar-refractivity contribution in [2.75, 3.05) is 51.6 Å². The average Bonchev–Trinajstić information content (AvgIpc) is 3.71. The third-order valence-electron chi connectivity index (χ3n) is 10.1. The molecule has 0 bridgehead atoms. The van der Waals surface area contributed by atoms with Crippen LogP contribution in [0.25, 0.3) is 0 Å². The average molecular weight is 878 g/mol. The van der Waals surface area contributed by atoms with Gasteiger partial charge < -0.3 is 25.6 Å². The first-order chi connectivity index (χ1) is 30.0. The van der Waals surface area contributed by atoms with E-state index in [0.717, 1.165) is 26.3 Å². The first-order valence-electron chi connectivity index (χ1n) is 20.0. The monoisotopic (exact) mass is 877 g/mol. The second-order valence-corrected chi connectivity index (χ2v) is 15.9. The lowest BCUT2D eigenvalue weighted by atomic mass is 9.96. The van der Waals surface area contributed by atoms with Gasteiger partial charge in [0.1, 0.15) is 28.9 Å². The predicted molar refractivity (Wildman–Crippen MR) is 240 cm³/mol. The van der Waals surface area contributed by atoms with Crippen LogP contribution in [0.2, 0.25) is 0 Å². The molecule has 322 valence electrons. The number of carbonyl (C=O) groups excluding carboxylic acids is 4. The largest absolute Gasteiger partial charge is 0.405 e. The Hall–Kier alpha value is -6.56. The fourth-order valence-electron chi connectivity index (χ4n) is 6.60. The van der Waals surface area contributed by atoms with Gasteiger partial charge >= 0.3 is 0 Å². The van der Waals surface area contributed by atoms with Crippen LogP contribution in [0.3, 0.4) is 0 Å². The summed E-state index contributed by atoms with van der Waals surface area (Å²) in [7, 11) is 0. The van der Waals surface area contributed by atoms with Crippen molar-refractivity contribution >= 4 is 51.9 Å². The van der Waals surface area contributed by atoms with Crippen molar-refractivity contribution in [1.82, 2.24) is 35.2 Å². The molecular formula is C45H47N7O8S2. The molecule has 17 heteroatoms. The van der Waals surface area contributed by atoms with Crippen LogP contribution in [0.4, 0.5) is 0 Å². The summed E-state index contributed by atoms with van der Waals surface area (Å²) in [6.45, 7) is 5.69. The zero-order chi connectivity index (χ0) is 44.0. The Balaban J connectivity index is 1.10. The van der Waals surface area contributed by atoms with Gasteiger partial charge in [0, 0.05) is 74.8 Å². The summed E-state index contributed by atoms with van der Waals surface area (Å²) < 4.78 is 2.47. The van der Waals surface area contributed by atoms with Gasteiger partial charge in [0.25, 0.3) is 34.7 Å². The molecular weight excluding hydrogens is 831 g/mol. The van der Waals surface area contributed by atoms with Gasteiger partial charge in [-0.1, -0.05) is 96.8 Å². The number of carbonyl (C=O) groups is 4. The smallest absolute Gasteiger partial charge is 0.283 e. The van der Waals surface area contributed by atoms with E-state index >= 15 is 0 Å². The number of amides is 4. The molecule has 5 aromatic rings. The number of nitrogens with one attached hydrogen (secondary N) is 3. The molecule has 6 rings (SSSR count). The van der Waals surface area contributed by atoms with E-state index < -0.39 is 22.9 Å². The number of nitrogens with zero attached hydrogens (tertiary/aromatic N) is 4. The summed E-state index contributed by atoms with van der Waals surface area (Å²) in [5.74, 6) is -0.833. The standard InChI is InChI=1S/C45H47N7O8S2/c1-31-32(2)36(44(58)50-27-28-62-45(50)61)20-19-35(31)41(55)46-21-24-49(25-22-47-42(56)37-15-9-17-39(53)51(37)59-29-33-11-5-3-6-12-33)26-23-48-43(57)38-16-10-18-40(54)52(38)60-30-34-13-7-4-8-14-34/h3-20H,21-30H2,1-2H3,(H,46,55)(H,47,56)(H,48,57). The Kier molecular flexibility index (Phi) is 15.8. The number of thioether (sulfide) groups is 1. The van der Waals surface area contributed by atoms with Crippen LogP contribution in [-0.2, 0) is 13.2 Å². The summed E-state index contributed by atoms with van der Waals surface area (Å²) in [6.07, 6.45) is 0. The predicted octanol–water partition coefficient (Wildman–Crippen LogP) is 3.25. The molecule has 2 aromatic heterocycles.